The van der Waals surface area contributed by atoms with E-state index in [9.17, 15) is 4.79 Å². The highest BCUT2D eigenvalue weighted by Gasteiger charge is 2.28. The van der Waals surface area contributed by atoms with Crippen molar-refractivity contribution >= 4 is 11.7 Å². The number of piperidine rings is 1. The lowest BCUT2D eigenvalue weighted by Crippen LogP contribution is -2.46. The van der Waals surface area contributed by atoms with Gasteiger partial charge < -0.3 is 10.2 Å². The number of hydrogen-bond donors (Lipinski definition) is 1. The number of carbonyl (C=O) groups is 1. The van der Waals surface area contributed by atoms with Crippen LogP contribution < -0.4 is 10.2 Å². The number of rotatable bonds is 4. The Labute approximate surface area is 173 Å². The van der Waals surface area contributed by atoms with Crippen molar-refractivity contribution in [1.29, 1.82) is 0 Å². The van der Waals surface area contributed by atoms with Crippen LogP contribution in [0.4, 0.5) is 5.82 Å². The van der Waals surface area contributed by atoms with Gasteiger partial charge in [-0.15, -0.1) is 10.2 Å². The van der Waals surface area contributed by atoms with Crippen LogP contribution >= 0.6 is 0 Å². The number of nitrogens with one attached hydrogen (secondary N) is 1. The fourth-order valence-electron chi connectivity index (χ4n) is 4.59. The third-order valence-electron chi connectivity index (χ3n) is 6.28. The lowest BCUT2D eigenvalue weighted by molar-refractivity contribution is -0.126. The van der Waals surface area contributed by atoms with Gasteiger partial charge in [0.05, 0.1) is 11.6 Å². The molecule has 0 bridgehead atoms. The molecule has 4 rings (SSSR count). The third-order valence-corrected chi connectivity index (χ3v) is 6.28. The Kier molecular flexibility index (Phi) is 6.43. The van der Waals surface area contributed by atoms with E-state index in [-0.39, 0.29) is 11.8 Å². The highest BCUT2D eigenvalue weighted by molar-refractivity contribution is 5.79. The molecule has 1 aliphatic carbocycles. The van der Waals surface area contributed by atoms with Crippen molar-refractivity contribution in [3.05, 3.63) is 42.0 Å². The van der Waals surface area contributed by atoms with Gasteiger partial charge in [0.2, 0.25) is 5.91 Å². The van der Waals surface area contributed by atoms with Gasteiger partial charge in [-0.25, -0.2) is 0 Å². The van der Waals surface area contributed by atoms with Crippen molar-refractivity contribution in [2.45, 2.75) is 64.3 Å². The summed E-state index contributed by atoms with van der Waals surface area (Å²) >= 11 is 0. The molecule has 29 heavy (non-hydrogen) atoms. The Morgan fingerprint density at radius 3 is 2.55 bits per heavy atom. The second-order valence-corrected chi connectivity index (χ2v) is 8.63. The highest BCUT2D eigenvalue weighted by Crippen LogP contribution is 2.25. The standard InChI is InChI=1S/C24H32N4O/c1-18-8-6-9-19(16-18)22-13-14-23(27-26-22)28-15-7-10-20(17-28)24(29)25-21-11-4-2-3-5-12-21/h6,8-9,13-14,16,20-21H,2-5,7,10-12,15,17H2,1H3,(H,25,29). The minimum Gasteiger partial charge on any atom is -0.354 e. The van der Waals surface area contributed by atoms with Gasteiger partial charge in [-0.2, -0.15) is 0 Å². The van der Waals surface area contributed by atoms with E-state index in [0.29, 0.717) is 6.04 Å². The summed E-state index contributed by atoms with van der Waals surface area (Å²) in [6.07, 6.45) is 9.34. The van der Waals surface area contributed by atoms with E-state index < -0.39 is 0 Å². The first kappa shape index (κ1) is 19.9. The zero-order chi connectivity index (χ0) is 20.1. The average molecular weight is 393 g/mol. The lowest BCUT2D eigenvalue weighted by Gasteiger charge is -2.33. The first-order valence-corrected chi connectivity index (χ1v) is 11.1. The molecular formula is C24H32N4O. The number of nitrogens with zero attached hydrogens (tertiary/aromatic N) is 3. The molecule has 2 aromatic rings. The monoisotopic (exact) mass is 392 g/mol. The summed E-state index contributed by atoms with van der Waals surface area (Å²) in [6, 6.07) is 12.8. The molecule has 1 N–H and O–H groups in total. The zero-order valence-corrected chi connectivity index (χ0v) is 17.4. The molecular weight excluding hydrogens is 360 g/mol. The van der Waals surface area contributed by atoms with Crippen LogP contribution in [-0.4, -0.2) is 35.2 Å². The molecule has 2 fully saturated rings. The van der Waals surface area contributed by atoms with Crippen molar-refractivity contribution in [1.82, 2.24) is 15.5 Å². The van der Waals surface area contributed by atoms with Crippen molar-refractivity contribution in [3.8, 4) is 11.3 Å². The molecule has 1 aromatic heterocycles. The van der Waals surface area contributed by atoms with Gasteiger partial charge in [0.25, 0.3) is 0 Å². The fourth-order valence-corrected chi connectivity index (χ4v) is 4.59. The summed E-state index contributed by atoms with van der Waals surface area (Å²) in [4.78, 5) is 15.1. The Morgan fingerprint density at radius 1 is 1.00 bits per heavy atom. The van der Waals surface area contributed by atoms with Gasteiger partial charge in [0.1, 0.15) is 0 Å². The number of aryl methyl sites for hydroxylation is 1. The molecule has 1 atom stereocenters. The molecule has 0 radical (unpaired) electrons. The number of anilines is 1. The van der Waals surface area contributed by atoms with Gasteiger partial charge in [-0.05, 0) is 50.8 Å². The van der Waals surface area contributed by atoms with Crippen molar-refractivity contribution < 1.29 is 4.79 Å². The number of hydrogen-bond acceptors (Lipinski definition) is 4. The summed E-state index contributed by atoms with van der Waals surface area (Å²) in [6.45, 7) is 3.75. The van der Waals surface area contributed by atoms with Gasteiger partial charge in [0.15, 0.2) is 5.82 Å². The maximum absolute atomic E-state index is 12.9. The first-order chi connectivity index (χ1) is 14.2. The molecule has 154 valence electrons. The summed E-state index contributed by atoms with van der Waals surface area (Å²) in [5.74, 6) is 1.14. The molecule has 1 saturated heterocycles. The van der Waals surface area contributed by atoms with E-state index >= 15 is 0 Å². The second kappa shape index (κ2) is 9.38. The van der Waals surface area contributed by atoms with Gasteiger partial charge in [0, 0.05) is 24.7 Å². The number of amides is 1. The molecule has 1 aromatic carbocycles. The zero-order valence-electron chi connectivity index (χ0n) is 17.4. The topological polar surface area (TPSA) is 58.1 Å². The van der Waals surface area contributed by atoms with E-state index in [1.54, 1.807) is 0 Å². The Morgan fingerprint density at radius 2 is 1.83 bits per heavy atom. The van der Waals surface area contributed by atoms with Crippen LogP contribution in [0.5, 0.6) is 0 Å². The fraction of sp³-hybridized carbons (Fsp3) is 0.542. The van der Waals surface area contributed by atoms with Crippen LogP contribution in [0.1, 0.15) is 56.9 Å². The van der Waals surface area contributed by atoms with Gasteiger partial charge >= 0.3 is 0 Å². The Balaban J connectivity index is 1.38. The maximum Gasteiger partial charge on any atom is 0.225 e. The summed E-state index contributed by atoms with van der Waals surface area (Å²) in [5, 5.41) is 12.3. The van der Waals surface area contributed by atoms with Crippen LogP contribution in [0.3, 0.4) is 0 Å². The number of carbonyl (C=O) groups excluding carboxylic acids is 1. The number of aromatic nitrogens is 2. The van der Waals surface area contributed by atoms with Crippen molar-refractivity contribution in [2.24, 2.45) is 5.92 Å². The van der Waals surface area contributed by atoms with Crippen molar-refractivity contribution in [3.63, 3.8) is 0 Å². The largest absolute Gasteiger partial charge is 0.354 e. The molecule has 1 aliphatic heterocycles. The van der Waals surface area contributed by atoms with E-state index in [1.807, 2.05) is 18.2 Å². The average Bonchev–Trinajstić information content (AvgIpc) is 3.03. The molecule has 1 unspecified atom stereocenters. The Bertz CT molecular complexity index is 812. The van der Waals surface area contributed by atoms with Gasteiger partial charge in [-0.3, -0.25) is 4.79 Å². The smallest absolute Gasteiger partial charge is 0.225 e. The molecule has 1 amide bonds. The SMILES string of the molecule is Cc1cccc(-c2ccc(N3CCCC(C(=O)NC4CCCCCC4)C3)nn2)c1. The summed E-state index contributed by atoms with van der Waals surface area (Å²) in [5.41, 5.74) is 3.19. The molecule has 5 nitrogen and oxygen atoms in total. The van der Waals surface area contributed by atoms with Crippen LogP contribution in [0, 0.1) is 12.8 Å². The van der Waals surface area contributed by atoms with Crippen LogP contribution in [-0.2, 0) is 4.79 Å². The lowest BCUT2D eigenvalue weighted by atomic mass is 9.96. The van der Waals surface area contributed by atoms with E-state index in [4.69, 9.17) is 0 Å². The van der Waals surface area contributed by atoms with Crippen LogP contribution in [0.15, 0.2) is 36.4 Å². The van der Waals surface area contributed by atoms with Crippen LogP contribution in [0.25, 0.3) is 11.3 Å². The second-order valence-electron chi connectivity index (χ2n) is 8.63. The predicted molar refractivity (Wildman–Crippen MR) is 117 cm³/mol. The van der Waals surface area contributed by atoms with E-state index in [0.717, 1.165) is 55.8 Å². The molecule has 0 spiro atoms. The first-order valence-electron chi connectivity index (χ1n) is 11.1. The highest BCUT2D eigenvalue weighted by atomic mass is 16.2. The summed E-state index contributed by atoms with van der Waals surface area (Å²) < 4.78 is 0. The molecule has 2 aliphatic rings. The molecule has 5 heteroatoms. The Hall–Kier alpha value is -2.43. The predicted octanol–water partition coefficient (Wildman–Crippen LogP) is 4.51. The minimum atomic E-state index is 0.0465. The molecule has 1 saturated carbocycles. The van der Waals surface area contributed by atoms with Crippen molar-refractivity contribution in [2.75, 3.05) is 18.0 Å². The summed E-state index contributed by atoms with van der Waals surface area (Å²) in [7, 11) is 0. The maximum atomic E-state index is 12.9. The minimum absolute atomic E-state index is 0.0465. The van der Waals surface area contributed by atoms with Gasteiger partial charge in [-0.1, -0.05) is 49.4 Å². The van der Waals surface area contributed by atoms with Crippen LogP contribution in [0.2, 0.25) is 0 Å². The van der Waals surface area contributed by atoms with E-state index in [1.165, 1.54) is 31.2 Å². The number of benzene rings is 1. The molecule has 2 heterocycles. The quantitative estimate of drug-likeness (QED) is 0.778. The third kappa shape index (κ3) is 5.14. The normalized spacial score (nSPS) is 20.9. The van der Waals surface area contributed by atoms with E-state index in [2.05, 4.69) is 45.5 Å².